The maximum Gasteiger partial charge on any atom is 0.416 e. The summed E-state index contributed by atoms with van der Waals surface area (Å²) < 4.78 is 21.4. The third-order valence-electron chi connectivity index (χ3n) is 4.43. The zero-order valence-corrected chi connectivity index (χ0v) is 15.4. The number of ether oxygens (including phenoxy) is 1. The van der Waals surface area contributed by atoms with Crippen molar-refractivity contribution in [3.8, 4) is 16.9 Å². The lowest BCUT2D eigenvalue weighted by Gasteiger charge is -2.14. The number of cyclic esters (lactones) is 1. The molecule has 29 heavy (non-hydrogen) atoms. The molecule has 1 unspecified atom stereocenters. The molecule has 0 spiro atoms. The molecule has 1 saturated heterocycles. The SMILES string of the molecule is CCC(=O)NC1CN(c2ccc(-c3ccc(-n4cncn4)nc3)c(F)c2)C(=O)O1. The summed E-state index contributed by atoms with van der Waals surface area (Å²) in [6.45, 7) is 1.81. The lowest BCUT2D eigenvalue weighted by atomic mass is 10.1. The van der Waals surface area contributed by atoms with Crippen LogP contribution in [0.2, 0.25) is 0 Å². The van der Waals surface area contributed by atoms with Gasteiger partial charge in [-0.25, -0.2) is 23.8 Å². The van der Waals surface area contributed by atoms with E-state index in [-0.39, 0.29) is 18.9 Å². The van der Waals surface area contributed by atoms with Crippen LogP contribution in [0.15, 0.2) is 49.2 Å². The number of amides is 2. The van der Waals surface area contributed by atoms with Gasteiger partial charge in [0.2, 0.25) is 5.91 Å². The van der Waals surface area contributed by atoms with Gasteiger partial charge in [0.1, 0.15) is 18.5 Å². The Kier molecular flexibility index (Phi) is 4.90. The first-order chi connectivity index (χ1) is 14.0. The zero-order valence-electron chi connectivity index (χ0n) is 15.4. The van der Waals surface area contributed by atoms with Gasteiger partial charge in [-0.2, -0.15) is 5.10 Å². The molecule has 148 valence electrons. The molecule has 1 aliphatic heterocycles. The van der Waals surface area contributed by atoms with E-state index in [1.54, 1.807) is 31.2 Å². The van der Waals surface area contributed by atoms with Crippen LogP contribution in [0.5, 0.6) is 0 Å². The van der Waals surface area contributed by atoms with Crippen molar-refractivity contribution in [3.63, 3.8) is 0 Å². The second-order valence-corrected chi connectivity index (χ2v) is 6.31. The maximum atomic E-state index is 14.7. The van der Waals surface area contributed by atoms with Gasteiger partial charge in [0.25, 0.3) is 0 Å². The number of anilines is 1. The minimum absolute atomic E-state index is 0.109. The quantitative estimate of drug-likeness (QED) is 0.710. The number of halogens is 1. The van der Waals surface area contributed by atoms with Gasteiger partial charge in [0.15, 0.2) is 12.0 Å². The lowest BCUT2D eigenvalue weighted by Crippen LogP contribution is -2.37. The van der Waals surface area contributed by atoms with Crippen LogP contribution in [0.3, 0.4) is 0 Å². The van der Waals surface area contributed by atoms with E-state index in [1.165, 1.54) is 34.5 Å². The number of aromatic nitrogens is 4. The summed E-state index contributed by atoms with van der Waals surface area (Å²) in [4.78, 5) is 33.0. The van der Waals surface area contributed by atoms with Crippen LogP contribution in [-0.4, -0.2) is 44.5 Å². The van der Waals surface area contributed by atoms with Crippen molar-refractivity contribution >= 4 is 17.7 Å². The van der Waals surface area contributed by atoms with E-state index in [2.05, 4.69) is 20.4 Å². The van der Waals surface area contributed by atoms with Crippen molar-refractivity contribution in [1.82, 2.24) is 25.1 Å². The van der Waals surface area contributed by atoms with Crippen molar-refractivity contribution < 1.29 is 18.7 Å². The molecule has 0 bridgehead atoms. The summed E-state index contributed by atoms with van der Waals surface area (Å²) >= 11 is 0. The lowest BCUT2D eigenvalue weighted by molar-refractivity contribution is -0.123. The minimum Gasteiger partial charge on any atom is -0.423 e. The molecule has 0 aliphatic carbocycles. The highest BCUT2D eigenvalue weighted by Gasteiger charge is 2.33. The Bertz CT molecular complexity index is 1040. The van der Waals surface area contributed by atoms with Gasteiger partial charge < -0.3 is 10.1 Å². The summed E-state index contributed by atoms with van der Waals surface area (Å²) in [5.41, 5.74) is 1.27. The van der Waals surface area contributed by atoms with Crippen molar-refractivity contribution in [2.75, 3.05) is 11.4 Å². The highest BCUT2D eigenvalue weighted by Crippen LogP contribution is 2.28. The fourth-order valence-electron chi connectivity index (χ4n) is 2.94. The Hall–Kier alpha value is -3.82. The molecule has 2 aromatic heterocycles. The fourth-order valence-corrected chi connectivity index (χ4v) is 2.94. The molecule has 1 N–H and O–H groups in total. The standard InChI is InChI=1S/C19H17FN6O3/c1-2-17(27)24-18-9-25(19(28)29-18)13-4-5-14(15(20)7-13)12-3-6-16(22-8-12)26-11-21-10-23-26/h3-8,10-11,18H,2,9H2,1H3,(H,24,27). The van der Waals surface area contributed by atoms with Gasteiger partial charge in [-0.15, -0.1) is 0 Å². The Labute approximate surface area is 165 Å². The minimum atomic E-state index is -0.758. The van der Waals surface area contributed by atoms with Crippen molar-refractivity contribution in [1.29, 1.82) is 0 Å². The highest BCUT2D eigenvalue weighted by molar-refractivity contribution is 5.90. The number of carbonyl (C=O) groups is 2. The number of nitrogens with one attached hydrogen (secondary N) is 1. The van der Waals surface area contributed by atoms with E-state index in [0.717, 1.165) is 0 Å². The smallest absolute Gasteiger partial charge is 0.416 e. The Morgan fingerprint density at radius 1 is 1.34 bits per heavy atom. The fraction of sp³-hybridized carbons (Fsp3) is 0.211. The first kappa shape index (κ1) is 18.5. The average molecular weight is 396 g/mol. The molecule has 1 aromatic carbocycles. The van der Waals surface area contributed by atoms with Gasteiger partial charge in [0, 0.05) is 23.7 Å². The predicted octanol–water partition coefficient (Wildman–Crippen LogP) is 2.28. The first-order valence-corrected chi connectivity index (χ1v) is 8.93. The molecule has 1 aliphatic rings. The van der Waals surface area contributed by atoms with Gasteiger partial charge >= 0.3 is 6.09 Å². The van der Waals surface area contributed by atoms with Crippen LogP contribution in [0.1, 0.15) is 13.3 Å². The van der Waals surface area contributed by atoms with Crippen molar-refractivity contribution in [2.45, 2.75) is 19.6 Å². The topological polar surface area (TPSA) is 102 Å². The van der Waals surface area contributed by atoms with E-state index in [0.29, 0.717) is 22.6 Å². The van der Waals surface area contributed by atoms with Crippen LogP contribution in [0.4, 0.5) is 14.9 Å². The summed E-state index contributed by atoms with van der Waals surface area (Å²) in [5, 5.41) is 6.58. The monoisotopic (exact) mass is 396 g/mol. The van der Waals surface area contributed by atoms with Crippen LogP contribution < -0.4 is 10.2 Å². The van der Waals surface area contributed by atoms with Gasteiger partial charge in [0.05, 0.1) is 12.2 Å². The van der Waals surface area contributed by atoms with Crippen LogP contribution in [-0.2, 0) is 9.53 Å². The third kappa shape index (κ3) is 3.77. The van der Waals surface area contributed by atoms with E-state index in [1.807, 2.05) is 0 Å². The van der Waals surface area contributed by atoms with Gasteiger partial charge in [-0.05, 0) is 30.3 Å². The van der Waals surface area contributed by atoms with E-state index in [9.17, 15) is 14.0 Å². The number of benzene rings is 1. The van der Waals surface area contributed by atoms with Crippen LogP contribution >= 0.6 is 0 Å². The van der Waals surface area contributed by atoms with Gasteiger partial charge in [-0.1, -0.05) is 6.92 Å². The molecule has 2 amide bonds. The van der Waals surface area contributed by atoms with E-state index in [4.69, 9.17) is 4.74 Å². The molecule has 9 nitrogen and oxygen atoms in total. The number of rotatable bonds is 5. The average Bonchev–Trinajstić information content (AvgIpc) is 3.38. The predicted molar refractivity (Wildman–Crippen MR) is 101 cm³/mol. The normalized spacial score (nSPS) is 16.0. The Morgan fingerprint density at radius 3 is 2.86 bits per heavy atom. The number of hydrogen-bond acceptors (Lipinski definition) is 6. The number of carbonyl (C=O) groups excluding carboxylic acids is 2. The molecule has 0 radical (unpaired) electrons. The van der Waals surface area contributed by atoms with Crippen LogP contribution in [0.25, 0.3) is 16.9 Å². The molecule has 3 heterocycles. The molecule has 0 saturated carbocycles. The Morgan fingerprint density at radius 2 is 2.21 bits per heavy atom. The third-order valence-corrected chi connectivity index (χ3v) is 4.43. The largest absolute Gasteiger partial charge is 0.423 e. The number of pyridine rings is 1. The van der Waals surface area contributed by atoms with Gasteiger partial charge in [-0.3, -0.25) is 9.69 Å². The zero-order chi connectivity index (χ0) is 20.4. The number of nitrogens with zero attached hydrogens (tertiary/aromatic N) is 5. The molecule has 4 rings (SSSR count). The van der Waals surface area contributed by atoms with Crippen LogP contribution in [0, 0.1) is 5.82 Å². The second-order valence-electron chi connectivity index (χ2n) is 6.31. The van der Waals surface area contributed by atoms with Crippen molar-refractivity contribution in [2.24, 2.45) is 0 Å². The highest BCUT2D eigenvalue weighted by atomic mass is 19.1. The molecule has 3 aromatic rings. The molecule has 1 atom stereocenters. The second kappa shape index (κ2) is 7.66. The molecular weight excluding hydrogens is 379 g/mol. The maximum absolute atomic E-state index is 14.7. The summed E-state index contributed by atoms with van der Waals surface area (Å²) in [6.07, 6.45) is 3.33. The van der Waals surface area contributed by atoms with E-state index < -0.39 is 18.1 Å². The first-order valence-electron chi connectivity index (χ1n) is 8.93. The Balaban J connectivity index is 1.52. The van der Waals surface area contributed by atoms with E-state index >= 15 is 0 Å². The number of hydrogen-bond donors (Lipinski definition) is 1. The van der Waals surface area contributed by atoms with Crippen molar-refractivity contribution in [3.05, 3.63) is 55.0 Å². The summed E-state index contributed by atoms with van der Waals surface area (Å²) in [7, 11) is 0. The summed E-state index contributed by atoms with van der Waals surface area (Å²) in [5.74, 6) is -0.178. The summed E-state index contributed by atoms with van der Waals surface area (Å²) in [6, 6.07) is 7.88. The molecule has 1 fully saturated rings. The molecule has 10 heteroatoms. The molecular formula is C19H17FN6O3.